The number of amides is 2. The summed E-state index contributed by atoms with van der Waals surface area (Å²) in [7, 11) is -15.7. The number of ketones is 1. The number of carbonyl (C=O) groups excluding carboxylic acids is 3. The maximum atomic E-state index is 13.4. The van der Waals surface area contributed by atoms with Crippen LogP contribution in [0.3, 0.4) is 0 Å². The summed E-state index contributed by atoms with van der Waals surface area (Å²) in [6.07, 6.45) is 18.7. The van der Waals surface area contributed by atoms with E-state index >= 15 is 0 Å². The molecule has 8 atom stereocenters. The lowest BCUT2D eigenvalue weighted by atomic mass is 9.77. The summed E-state index contributed by atoms with van der Waals surface area (Å²) in [6.45, 7) is 21.9. The van der Waals surface area contributed by atoms with Gasteiger partial charge in [0.2, 0.25) is 17.5 Å². The number of nitrogen functional groups attached to an aromatic ring is 1. The lowest BCUT2D eigenvalue weighted by Crippen LogP contribution is -2.30. The predicted octanol–water partition coefficient (Wildman–Crippen LogP) is 13.8. The van der Waals surface area contributed by atoms with Crippen molar-refractivity contribution in [1.29, 1.82) is 0 Å². The zero-order valence-corrected chi connectivity index (χ0v) is 72.7. The minimum absolute atomic E-state index is 0.00308. The second-order valence-corrected chi connectivity index (χ2v) is 41.0. The molecular weight excluding hydrogens is 1630 g/mol. The molecule has 3 aliphatic heterocycles. The summed E-state index contributed by atoms with van der Waals surface area (Å²) in [4.78, 5) is 99.5. The fraction of sp³-hybridized carbons (Fsp3) is 0.526. The minimum atomic E-state index is -5.82. The Balaban J connectivity index is 0.780. The van der Waals surface area contributed by atoms with Crippen molar-refractivity contribution in [3.05, 3.63) is 141 Å². The molecule has 0 radical (unpaired) electrons. The number of anilines is 2. The number of hydrogen-bond acceptors (Lipinski definition) is 24. The van der Waals surface area contributed by atoms with Crippen LogP contribution >= 0.6 is 66.6 Å². The van der Waals surface area contributed by atoms with Crippen LogP contribution in [-0.2, 0) is 76.3 Å². The third-order valence-electron chi connectivity index (χ3n) is 18.7. The van der Waals surface area contributed by atoms with Gasteiger partial charge in [0.25, 0.3) is 21.6 Å². The van der Waals surface area contributed by atoms with Gasteiger partial charge in [-0.15, -0.1) is 0 Å². The van der Waals surface area contributed by atoms with Gasteiger partial charge in [-0.2, -0.15) is 26.6 Å². The molecular formula is C76H106N8O22P3S5+. The first-order valence-corrected chi connectivity index (χ1v) is 48.3. The number of benzene rings is 3. The molecule has 3 aromatic carbocycles. The van der Waals surface area contributed by atoms with Crippen molar-refractivity contribution in [3.63, 3.8) is 0 Å². The Labute approximate surface area is 682 Å². The van der Waals surface area contributed by atoms with E-state index in [4.69, 9.17) is 43.7 Å². The van der Waals surface area contributed by atoms with Crippen molar-refractivity contribution >= 4 is 128 Å². The van der Waals surface area contributed by atoms with Gasteiger partial charge < -0.3 is 69.1 Å². The Morgan fingerprint density at radius 3 is 2.39 bits per heavy atom. The number of allylic oxidation sites excluding steroid dienone is 6. The molecule has 1 saturated heterocycles. The molecule has 5 aromatic rings. The van der Waals surface area contributed by atoms with Crippen LogP contribution < -0.4 is 31.6 Å². The lowest BCUT2D eigenvalue weighted by molar-refractivity contribution is -0.438. The number of nitrogens with zero attached hydrogens (tertiary/aromatic N) is 4. The Bertz CT molecular complexity index is 4750. The van der Waals surface area contributed by atoms with Gasteiger partial charge >= 0.3 is 23.5 Å². The van der Waals surface area contributed by atoms with Crippen LogP contribution in [-0.4, -0.2) is 168 Å². The number of H-pyrrole nitrogens is 1. The zero-order valence-electron chi connectivity index (χ0n) is 65.9. The molecule has 0 bridgehead atoms. The first kappa shape index (κ1) is 93.6. The standard InChI is InChI=1S/C76H105N8O22P3S5/c1-12-14-39-82-60-34-32-51(3)43-58(60)75(8,9)64(82)30-19-16-20-31-65-76(10,59-45-57(114(96,97)98)33-35-61(59)83(65)40-15-13-2)36-21-17-18-27-55(85)28-24-38-79-71(87)53-25-22-29-56(44-53)101-50-68(112-113-74(5,6)7)100-42-41-99-49-66(86)78-37-23-26-54-47-84(70-69(54)72(88)81-73(77)80-70)67-46-62(103-52(4)111-110-11)63(104-67)48-102-108(92,93)106-109(94,95)105-107(89,90)91/h16,19-20,22,25,29-35,43-45,47,52,62-63,67-68H,12-15,17-18,21,24,27-28,36-42,46,48-50H2,1-11H3,(H9-,77,78,79,80,81,86,87,88,89,90,91,92,93,94,95,96,97,98)/p+1/t52-,62+,63+,67+,68?,76?/m0/s1. The summed E-state index contributed by atoms with van der Waals surface area (Å²) < 4.78 is 118. The maximum Gasteiger partial charge on any atom is 0.490 e. The van der Waals surface area contributed by atoms with Crippen LogP contribution in [0.15, 0.2) is 113 Å². The van der Waals surface area contributed by atoms with Gasteiger partial charge in [0, 0.05) is 89.8 Å². The van der Waals surface area contributed by atoms with Gasteiger partial charge in [-0.05, 0) is 121 Å². The van der Waals surface area contributed by atoms with Crippen LogP contribution in [0.4, 0.5) is 17.3 Å². The molecule has 114 heavy (non-hydrogen) atoms. The van der Waals surface area contributed by atoms with Crippen LogP contribution in [0.25, 0.3) is 11.0 Å². The van der Waals surface area contributed by atoms with Gasteiger partial charge in [-0.25, -0.2) is 13.7 Å². The number of rotatable bonds is 45. The first-order valence-electron chi connectivity index (χ1n) is 37.5. The fourth-order valence-electron chi connectivity index (χ4n) is 13.4. The third-order valence-corrected chi connectivity index (χ3v) is 28.8. The number of phosphoric ester groups is 1. The summed E-state index contributed by atoms with van der Waals surface area (Å²) >= 11 is 0. The second kappa shape index (κ2) is 42.2. The van der Waals surface area contributed by atoms with E-state index < -0.39 is 86.4 Å². The van der Waals surface area contributed by atoms with Gasteiger partial charge in [0.15, 0.2) is 11.4 Å². The van der Waals surface area contributed by atoms with E-state index in [0.717, 1.165) is 68.6 Å². The van der Waals surface area contributed by atoms with Crippen LogP contribution in [0.1, 0.15) is 178 Å². The number of hydrogen-bond donors (Lipinski definition) is 9. The van der Waals surface area contributed by atoms with E-state index in [1.54, 1.807) is 54.1 Å². The number of nitrogens with one attached hydrogen (secondary N) is 3. The molecule has 3 aliphatic rings. The molecule has 2 aromatic heterocycles. The van der Waals surface area contributed by atoms with Gasteiger partial charge in [0.05, 0.1) is 53.7 Å². The van der Waals surface area contributed by atoms with E-state index in [1.807, 2.05) is 6.26 Å². The number of carbonyl (C=O) groups is 3. The minimum Gasteiger partial charge on any atom is -0.490 e. The smallest absolute Gasteiger partial charge is 0.490 e. The Morgan fingerprint density at radius 2 is 1.67 bits per heavy atom. The van der Waals surface area contributed by atoms with E-state index in [1.165, 1.54) is 71.7 Å². The molecule has 30 nitrogen and oxygen atoms in total. The molecule has 5 heterocycles. The quantitative estimate of drug-likeness (QED) is 0.00255. The number of Topliss-reactive ketones (excluding diaryl/α,β-unsaturated/α-hetero) is 1. The average molecular weight is 1740 g/mol. The van der Waals surface area contributed by atoms with Gasteiger partial charge in [-0.3, -0.25) is 33.2 Å². The summed E-state index contributed by atoms with van der Waals surface area (Å²) in [5.74, 6) is 5.11. The lowest BCUT2D eigenvalue weighted by Gasteiger charge is -2.30. The van der Waals surface area contributed by atoms with Crippen molar-refractivity contribution in [3.8, 4) is 17.6 Å². The molecule has 0 saturated carbocycles. The predicted molar refractivity (Wildman–Crippen MR) is 447 cm³/mol. The molecule has 2 amide bonds. The number of ether oxygens (including phenoxy) is 5. The highest BCUT2D eigenvalue weighted by atomic mass is 33.1. The molecule has 8 rings (SSSR count). The highest BCUT2D eigenvalue weighted by molar-refractivity contribution is 8.77. The fourth-order valence-corrected chi connectivity index (χ4v) is 20.5. The van der Waals surface area contributed by atoms with E-state index in [9.17, 15) is 55.6 Å². The molecule has 1 fully saturated rings. The molecule has 0 spiro atoms. The number of phosphoric acid groups is 3. The normalized spacial score (nSPS) is 19.6. The topological polar surface area (TPSA) is 419 Å². The highest BCUT2D eigenvalue weighted by Gasteiger charge is 2.47. The van der Waals surface area contributed by atoms with Crippen LogP contribution in [0.5, 0.6) is 5.75 Å². The summed E-state index contributed by atoms with van der Waals surface area (Å²) in [5.41, 5.74) is 11.9. The zero-order chi connectivity index (χ0) is 83.4. The third kappa shape index (κ3) is 27.3. The summed E-state index contributed by atoms with van der Waals surface area (Å²) in [5, 5.41) is 5.57. The van der Waals surface area contributed by atoms with Crippen molar-refractivity contribution in [2.45, 2.75) is 196 Å². The highest BCUT2D eigenvalue weighted by Crippen LogP contribution is 2.66. The Hall–Kier alpha value is -5.90. The molecule has 4 unspecified atom stereocenters. The molecule has 626 valence electrons. The average Bonchev–Trinajstić information content (AvgIpc) is 1.60. The summed E-state index contributed by atoms with van der Waals surface area (Å²) in [6, 6.07) is 18.4. The monoisotopic (exact) mass is 1740 g/mol. The SMILES string of the molecule is CCCCN1\C(=C/C=C/C=C/C2=[N+](CCCC)c3ccc(C)cc3C2(C)C)C(C)(CCCCCC(=O)CCCNC(=O)c2cccc(OCC(OCCOCC(=O)NCC#Cc3cn([C@H]4C[C@@H](O[C@H](C)SSC)[C@@H](COP(=O)(O)OP(=O)(O)OP(=O)(O)O)O4)c4nc(N)[nH]c(=O)c34)SSC(C)(C)C)c2)c2cc(S(=O)(=O)O)ccc21. The number of unbranched alkanes of at least 4 members (excludes halogenated alkanes) is 4. The molecule has 38 heteroatoms. The van der Waals surface area contributed by atoms with Crippen molar-refractivity contribution in [2.24, 2.45) is 0 Å². The number of nitrogens with two attached hydrogens (primary N) is 1. The van der Waals surface area contributed by atoms with Crippen molar-refractivity contribution in [2.75, 3.05) is 76.1 Å². The van der Waals surface area contributed by atoms with Gasteiger partial charge in [0.1, 0.15) is 54.5 Å². The van der Waals surface area contributed by atoms with E-state index in [0.29, 0.717) is 43.4 Å². The number of aromatic nitrogens is 3. The first-order chi connectivity index (χ1) is 53.7. The number of fused-ring (bicyclic) bond motifs is 3. The van der Waals surface area contributed by atoms with E-state index in [-0.39, 0.29) is 95.2 Å². The second-order valence-electron chi connectivity index (χ2n) is 29.2. The van der Waals surface area contributed by atoms with Gasteiger partial charge in [-0.1, -0.05) is 151 Å². The van der Waals surface area contributed by atoms with Crippen LogP contribution in [0, 0.1) is 18.8 Å². The molecule has 10 N–H and O–H groups in total. The van der Waals surface area contributed by atoms with Crippen molar-refractivity contribution in [1.82, 2.24) is 25.2 Å². The van der Waals surface area contributed by atoms with E-state index in [2.05, 4.69) is 161 Å². The largest absolute Gasteiger partial charge is 0.490 e. The van der Waals surface area contributed by atoms with Crippen molar-refractivity contribution < 1.29 is 102 Å². The Kier molecular flexibility index (Phi) is 34.6. The number of aromatic amines is 1. The van der Waals surface area contributed by atoms with Crippen LogP contribution in [0.2, 0.25) is 0 Å². The molecule has 0 aliphatic carbocycles. The maximum absolute atomic E-state index is 13.4. The number of aryl methyl sites for hydroxylation is 1. The Morgan fingerprint density at radius 1 is 0.912 bits per heavy atom.